The van der Waals surface area contributed by atoms with E-state index in [-0.39, 0.29) is 15.5 Å². The highest BCUT2D eigenvalue weighted by molar-refractivity contribution is 7.93. The quantitative estimate of drug-likeness (QED) is 0.231. The molecule has 0 heterocycles. The first-order valence-electron chi connectivity index (χ1n) is 11.9. The maximum atomic E-state index is 13.5. The first-order chi connectivity index (χ1) is 18.9. The van der Waals surface area contributed by atoms with E-state index in [0.717, 1.165) is 9.87 Å². The minimum Gasteiger partial charge on any atom is -0.325 e. The summed E-state index contributed by atoms with van der Waals surface area (Å²) in [5, 5.41) is 3.44. The second kappa shape index (κ2) is 11.9. The van der Waals surface area contributed by atoms with Gasteiger partial charge in [0.1, 0.15) is 6.54 Å². The van der Waals surface area contributed by atoms with Crippen LogP contribution in [0.5, 0.6) is 0 Å². The van der Waals surface area contributed by atoms with Crippen LogP contribution in [-0.2, 0) is 24.8 Å². The van der Waals surface area contributed by atoms with E-state index in [2.05, 4.69) is 10.0 Å². The third-order valence-corrected chi connectivity index (χ3v) is 9.80. The smallest absolute Gasteiger partial charge is 0.264 e. The number of benzene rings is 4. The SMILES string of the molecule is Cc1ccc(N(CC(=O)Nc2ccc(S(=O)(=O)Nc3cccc(Cl)c3C)cc2)S(=O)(=O)c2ccc(Cl)cc2)cc1. The van der Waals surface area contributed by atoms with E-state index in [9.17, 15) is 21.6 Å². The van der Waals surface area contributed by atoms with E-state index >= 15 is 0 Å². The molecule has 0 aliphatic carbocycles. The number of hydrogen-bond acceptors (Lipinski definition) is 5. The van der Waals surface area contributed by atoms with Crippen LogP contribution in [0.2, 0.25) is 10.0 Å². The first-order valence-corrected chi connectivity index (χ1v) is 15.6. The standard InChI is InChI=1S/C28H25Cl2N3O5S2/c1-19-6-12-23(13-7-19)33(40(37,38)25-14-8-21(29)9-15-25)18-28(34)31-22-10-16-24(17-11-22)39(35,36)32-27-5-3-4-26(30)20(27)2/h3-17,32H,18H2,1-2H3,(H,31,34). The summed E-state index contributed by atoms with van der Waals surface area (Å²) in [7, 11) is -8.04. The predicted molar refractivity (Wildman–Crippen MR) is 159 cm³/mol. The van der Waals surface area contributed by atoms with Crippen LogP contribution in [0.4, 0.5) is 17.1 Å². The van der Waals surface area contributed by atoms with Crippen molar-refractivity contribution >= 4 is 66.2 Å². The molecule has 8 nitrogen and oxygen atoms in total. The molecule has 0 unspecified atom stereocenters. The topological polar surface area (TPSA) is 113 Å². The molecule has 0 saturated heterocycles. The zero-order valence-electron chi connectivity index (χ0n) is 21.4. The molecule has 0 aliphatic rings. The number of carbonyl (C=O) groups is 1. The molecule has 0 radical (unpaired) electrons. The Labute approximate surface area is 243 Å². The third kappa shape index (κ3) is 6.76. The van der Waals surface area contributed by atoms with Crippen molar-refractivity contribution in [2.24, 2.45) is 0 Å². The zero-order valence-corrected chi connectivity index (χ0v) is 24.6. The molecule has 0 spiro atoms. The van der Waals surface area contributed by atoms with Crippen molar-refractivity contribution < 1.29 is 21.6 Å². The van der Waals surface area contributed by atoms with Crippen molar-refractivity contribution in [3.05, 3.63) is 112 Å². The molecule has 0 fully saturated rings. The molecule has 4 aromatic rings. The number of rotatable bonds is 9. The van der Waals surface area contributed by atoms with Crippen LogP contribution in [0.1, 0.15) is 11.1 Å². The molecular formula is C28H25Cl2N3O5S2. The van der Waals surface area contributed by atoms with Gasteiger partial charge in [-0.25, -0.2) is 16.8 Å². The van der Waals surface area contributed by atoms with E-state index in [0.29, 0.717) is 27.0 Å². The molecule has 1 amide bonds. The summed E-state index contributed by atoms with van der Waals surface area (Å²) in [6.45, 7) is 3.04. The largest absolute Gasteiger partial charge is 0.325 e. The van der Waals surface area contributed by atoms with Gasteiger partial charge in [0.25, 0.3) is 20.0 Å². The number of hydrogen-bond donors (Lipinski definition) is 2. The van der Waals surface area contributed by atoms with E-state index < -0.39 is 32.5 Å². The maximum Gasteiger partial charge on any atom is 0.264 e. The van der Waals surface area contributed by atoms with Gasteiger partial charge < -0.3 is 5.32 Å². The van der Waals surface area contributed by atoms with Crippen LogP contribution < -0.4 is 14.3 Å². The Morgan fingerprint density at radius 2 is 1.38 bits per heavy atom. The fourth-order valence-electron chi connectivity index (χ4n) is 3.73. The average Bonchev–Trinajstić information content (AvgIpc) is 2.91. The van der Waals surface area contributed by atoms with Gasteiger partial charge in [-0.15, -0.1) is 0 Å². The summed E-state index contributed by atoms with van der Waals surface area (Å²) >= 11 is 12.0. The molecule has 0 aromatic heterocycles. The fourth-order valence-corrected chi connectivity index (χ4v) is 6.57. The number of anilines is 3. The highest BCUT2D eigenvalue weighted by Gasteiger charge is 2.27. The maximum absolute atomic E-state index is 13.5. The highest BCUT2D eigenvalue weighted by atomic mass is 35.5. The molecule has 4 rings (SSSR count). The monoisotopic (exact) mass is 617 g/mol. The van der Waals surface area contributed by atoms with Gasteiger partial charge in [0.2, 0.25) is 5.91 Å². The van der Waals surface area contributed by atoms with Gasteiger partial charge in [-0.1, -0.05) is 47.0 Å². The summed E-state index contributed by atoms with van der Waals surface area (Å²) in [5.74, 6) is -0.624. The van der Waals surface area contributed by atoms with Crippen LogP contribution in [0.15, 0.2) is 101 Å². The second-order valence-corrected chi connectivity index (χ2v) is 13.3. The summed E-state index contributed by atoms with van der Waals surface area (Å²) in [4.78, 5) is 12.9. The normalized spacial score (nSPS) is 11.6. The van der Waals surface area contributed by atoms with Crippen molar-refractivity contribution in [3.63, 3.8) is 0 Å². The van der Waals surface area contributed by atoms with Gasteiger partial charge in [0, 0.05) is 15.7 Å². The molecule has 208 valence electrons. The number of halogens is 2. The lowest BCUT2D eigenvalue weighted by Gasteiger charge is -2.24. The molecule has 40 heavy (non-hydrogen) atoms. The Hall–Kier alpha value is -3.57. The van der Waals surface area contributed by atoms with E-state index in [1.165, 1.54) is 48.5 Å². The summed E-state index contributed by atoms with van der Waals surface area (Å²) in [6, 6.07) is 22.8. The Morgan fingerprint density at radius 1 is 0.775 bits per heavy atom. The molecule has 2 N–H and O–H groups in total. The zero-order chi connectivity index (χ0) is 29.1. The van der Waals surface area contributed by atoms with Crippen LogP contribution in [0, 0.1) is 13.8 Å². The van der Waals surface area contributed by atoms with Gasteiger partial charge in [0.15, 0.2) is 0 Å². The van der Waals surface area contributed by atoms with Gasteiger partial charge in [-0.3, -0.25) is 13.8 Å². The lowest BCUT2D eigenvalue weighted by atomic mass is 10.2. The second-order valence-electron chi connectivity index (χ2n) is 8.89. The Kier molecular flexibility index (Phi) is 8.74. The van der Waals surface area contributed by atoms with Crippen molar-refractivity contribution in [3.8, 4) is 0 Å². The van der Waals surface area contributed by atoms with Gasteiger partial charge in [0.05, 0.1) is 21.2 Å². The van der Waals surface area contributed by atoms with Crippen LogP contribution in [0.25, 0.3) is 0 Å². The van der Waals surface area contributed by atoms with Crippen molar-refractivity contribution in [1.82, 2.24) is 0 Å². The van der Waals surface area contributed by atoms with E-state index in [1.54, 1.807) is 49.4 Å². The van der Waals surface area contributed by atoms with E-state index in [4.69, 9.17) is 23.2 Å². The molecule has 0 aliphatic heterocycles. The summed E-state index contributed by atoms with van der Waals surface area (Å²) in [5.41, 5.74) is 2.45. The van der Waals surface area contributed by atoms with Crippen LogP contribution >= 0.6 is 23.2 Å². The number of nitrogens with one attached hydrogen (secondary N) is 2. The summed E-state index contributed by atoms with van der Waals surface area (Å²) < 4.78 is 56.2. The summed E-state index contributed by atoms with van der Waals surface area (Å²) in [6.07, 6.45) is 0. The molecular weight excluding hydrogens is 593 g/mol. The Balaban J connectivity index is 1.53. The van der Waals surface area contributed by atoms with Gasteiger partial charge in [-0.2, -0.15) is 0 Å². The van der Waals surface area contributed by atoms with Crippen molar-refractivity contribution in [2.75, 3.05) is 20.9 Å². The van der Waals surface area contributed by atoms with Crippen molar-refractivity contribution in [2.45, 2.75) is 23.6 Å². The Bertz CT molecular complexity index is 1740. The number of nitrogens with zero attached hydrogens (tertiary/aromatic N) is 1. The minimum absolute atomic E-state index is 0.0257. The molecule has 4 aromatic carbocycles. The lowest BCUT2D eigenvalue weighted by molar-refractivity contribution is -0.114. The first kappa shape index (κ1) is 29.4. The average molecular weight is 619 g/mol. The molecule has 12 heteroatoms. The number of amides is 1. The fraction of sp³-hybridized carbons (Fsp3) is 0.107. The van der Waals surface area contributed by atoms with Crippen molar-refractivity contribution in [1.29, 1.82) is 0 Å². The number of aryl methyl sites for hydroxylation is 1. The predicted octanol–water partition coefficient (Wildman–Crippen LogP) is 6.25. The molecule has 0 atom stereocenters. The third-order valence-electron chi connectivity index (χ3n) is 5.97. The van der Waals surface area contributed by atoms with Crippen LogP contribution in [-0.4, -0.2) is 29.3 Å². The van der Waals surface area contributed by atoms with Gasteiger partial charge in [-0.05, 0) is 92.2 Å². The van der Waals surface area contributed by atoms with Gasteiger partial charge >= 0.3 is 0 Å². The Morgan fingerprint density at radius 3 is 2.00 bits per heavy atom. The minimum atomic E-state index is -4.12. The number of carbonyl (C=O) groups excluding carboxylic acids is 1. The van der Waals surface area contributed by atoms with Crippen LogP contribution in [0.3, 0.4) is 0 Å². The highest BCUT2D eigenvalue weighted by Crippen LogP contribution is 2.27. The number of sulfonamides is 2. The molecule has 0 saturated carbocycles. The molecule has 0 bridgehead atoms. The van der Waals surface area contributed by atoms with E-state index in [1.807, 2.05) is 6.92 Å². The lowest BCUT2D eigenvalue weighted by Crippen LogP contribution is -2.38.